The first-order valence-corrected chi connectivity index (χ1v) is 6.59. The van der Waals surface area contributed by atoms with Crippen LogP contribution in [0.3, 0.4) is 0 Å². The summed E-state index contributed by atoms with van der Waals surface area (Å²) in [5.74, 6) is -0.0755. The lowest BCUT2D eigenvalue weighted by Crippen LogP contribution is -2.07. The van der Waals surface area contributed by atoms with Crippen LogP contribution in [0.4, 0.5) is 5.69 Å². The Balaban J connectivity index is 3.37. The molecule has 0 spiro atoms. The highest BCUT2D eigenvalue weighted by atomic mass is 35.5. The summed E-state index contributed by atoms with van der Waals surface area (Å²) in [5.41, 5.74) is -0.390. The topological polar surface area (TPSA) is 77.3 Å². The highest BCUT2D eigenvalue weighted by Crippen LogP contribution is 2.31. The predicted molar refractivity (Wildman–Crippen MR) is 60.5 cm³/mol. The highest BCUT2D eigenvalue weighted by Gasteiger charge is 2.23. The van der Waals surface area contributed by atoms with Gasteiger partial charge in [-0.2, -0.15) is 0 Å². The van der Waals surface area contributed by atoms with Crippen molar-refractivity contribution in [3.05, 3.63) is 33.3 Å². The molecule has 0 fully saturated rings. The molecule has 88 valence electrons. The van der Waals surface area contributed by atoms with E-state index in [1.165, 1.54) is 18.2 Å². The van der Waals surface area contributed by atoms with Crippen molar-refractivity contribution in [1.82, 2.24) is 0 Å². The van der Waals surface area contributed by atoms with Crippen LogP contribution >= 0.6 is 11.6 Å². The van der Waals surface area contributed by atoms with E-state index in [1.54, 1.807) is 6.92 Å². The number of nitro groups is 1. The summed E-state index contributed by atoms with van der Waals surface area (Å²) < 4.78 is 23.4. The van der Waals surface area contributed by atoms with Crippen LogP contribution < -0.4 is 0 Å². The zero-order valence-corrected chi connectivity index (χ0v) is 10.1. The molecule has 0 N–H and O–H groups in total. The van der Waals surface area contributed by atoms with Gasteiger partial charge in [0.15, 0.2) is 9.84 Å². The summed E-state index contributed by atoms with van der Waals surface area (Å²) in [5, 5.41) is 10.3. The number of nitrogens with zero attached hydrogens (tertiary/aromatic N) is 1. The monoisotopic (exact) mass is 263 g/mol. The average Bonchev–Trinajstić information content (AvgIpc) is 2.17. The van der Waals surface area contributed by atoms with Crippen molar-refractivity contribution in [3.8, 4) is 0 Å². The van der Waals surface area contributed by atoms with E-state index in [-0.39, 0.29) is 21.4 Å². The van der Waals surface area contributed by atoms with Crippen LogP contribution in [0, 0.1) is 10.1 Å². The molecule has 0 aromatic heterocycles. The third-order valence-electron chi connectivity index (χ3n) is 1.95. The predicted octanol–water partition coefficient (Wildman–Crippen LogP) is 2.43. The molecule has 1 aromatic carbocycles. The summed E-state index contributed by atoms with van der Waals surface area (Å²) in [6.45, 7) is 1.71. The van der Waals surface area contributed by atoms with Crippen molar-refractivity contribution in [2.45, 2.75) is 18.2 Å². The summed E-state index contributed by atoms with van der Waals surface area (Å²) >= 11 is 5.70. The van der Waals surface area contributed by atoms with Crippen LogP contribution in [0.5, 0.6) is 0 Å². The van der Waals surface area contributed by atoms with Crippen molar-refractivity contribution in [1.29, 1.82) is 0 Å². The molecular formula is C9H10ClNO4S. The maximum Gasteiger partial charge on any atom is 0.289 e. The van der Waals surface area contributed by atoms with Crippen LogP contribution in [-0.4, -0.2) is 19.1 Å². The SMILES string of the molecule is CCCS(=O)(=O)c1cccc([N+](=O)[O-])c1Cl. The second-order valence-electron chi connectivity index (χ2n) is 3.17. The molecule has 0 heterocycles. The lowest BCUT2D eigenvalue weighted by Gasteiger charge is -2.04. The summed E-state index contributed by atoms with van der Waals surface area (Å²) in [7, 11) is -3.53. The second-order valence-corrected chi connectivity index (χ2v) is 5.62. The molecule has 0 aliphatic carbocycles. The largest absolute Gasteiger partial charge is 0.289 e. The third-order valence-corrected chi connectivity index (χ3v) is 4.41. The van der Waals surface area contributed by atoms with Gasteiger partial charge < -0.3 is 0 Å². The van der Waals surface area contributed by atoms with Gasteiger partial charge in [0.05, 0.1) is 15.6 Å². The molecule has 5 nitrogen and oxygen atoms in total. The van der Waals surface area contributed by atoms with Crippen molar-refractivity contribution >= 4 is 27.1 Å². The van der Waals surface area contributed by atoms with Crippen LogP contribution in [0.25, 0.3) is 0 Å². The Morgan fingerprint density at radius 2 is 2.06 bits per heavy atom. The van der Waals surface area contributed by atoms with Crippen LogP contribution in [0.2, 0.25) is 5.02 Å². The van der Waals surface area contributed by atoms with Gasteiger partial charge in [0.2, 0.25) is 0 Å². The number of rotatable bonds is 4. The fraction of sp³-hybridized carbons (Fsp3) is 0.333. The van der Waals surface area contributed by atoms with Crippen LogP contribution in [-0.2, 0) is 9.84 Å². The Morgan fingerprint density at radius 1 is 1.44 bits per heavy atom. The molecule has 0 aliphatic heterocycles. The quantitative estimate of drug-likeness (QED) is 0.617. The molecule has 0 bridgehead atoms. The fourth-order valence-corrected chi connectivity index (χ4v) is 3.23. The van der Waals surface area contributed by atoms with Crippen molar-refractivity contribution in [2.24, 2.45) is 0 Å². The number of halogens is 1. The molecule has 0 aliphatic rings. The van der Waals surface area contributed by atoms with E-state index in [9.17, 15) is 18.5 Å². The standard InChI is InChI=1S/C9H10ClNO4S/c1-2-6-16(14,15)8-5-3-4-7(9(8)10)11(12)13/h3-5H,2,6H2,1H3. The van der Waals surface area contributed by atoms with E-state index in [0.717, 1.165) is 0 Å². The molecule has 0 atom stereocenters. The van der Waals surface area contributed by atoms with Crippen molar-refractivity contribution < 1.29 is 13.3 Å². The van der Waals surface area contributed by atoms with E-state index >= 15 is 0 Å². The lowest BCUT2D eigenvalue weighted by atomic mass is 10.3. The van der Waals surface area contributed by atoms with E-state index in [0.29, 0.717) is 6.42 Å². The Bertz CT molecular complexity index is 512. The lowest BCUT2D eigenvalue weighted by molar-refractivity contribution is -0.384. The minimum absolute atomic E-state index is 0.0755. The Morgan fingerprint density at radius 3 is 2.56 bits per heavy atom. The van der Waals surface area contributed by atoms with E-state index in [4.69, 9.17) is 11.6 Å². The van der Waals surface area contributed by atoms with Gasteiger partial charge in [-0.25, -0.2) is 8.42 Å². The number of benzene rings is 1. The molecule has 0 saturated carbocycles. The van der Waals surface area contributed by atoms with E-state index < -0.39 is 14.8 Å². The molecule has 0 unspecified atom stereocenters. The first kappa shape index (κ1) is 12.9. The molecule has 7 heteroatoms. The number of hydrogen-bond donors (Lipinski definition) is 0. The highest BCUT2D eigenvalue weighted by molar-refractivity contribution is 7.91. The van der Waals surface area contributed by atoms with Crippen LogP contribution in [0.15, 0.2) is 23.1 Å². The normalized spacial score (nSPS) is 11.4. The van der Waals surface area contributed by atoms with Gasteiger partial charge in [0.25, 0.3) is 5.69 Å². The fourth-order valence-electron chi connectivity index (χ4n) is 1.26. The average molecular weight is 264 g/mol. The molecule has 0 saturated heterocycles. The number of nitro benzene ring substituents is 1. The molecule has 1 rings (SSSR count). The molecule has 16 heavy (non-hydrogen) atoms. The molecule has 0 radical (unpaired) electrons. The van der Waals surface area contributed by atoms with Crippen LogP contribution in [0.1, 0.15) is 13.3 Å². The maximum atomic E-state index is 11.7. The van der Waals surface area contributed by atoms with Gasteiger partial charge in [-0.05, 0) is 12.5 Å². The Hall–Kier alpha value is -1.14. The van der Waals surface area contributed by atoms with E-state index in [2.05, 4.69) is 0 Å². The van der Waals surface area contributed by atoms with Gasteiger partial charge >= 0.3 is 0 Å². The first-order chi connectivity index (χ1) is 7.40. The minimum Gasteiger partial charge on any atom is -0.258 e. The maximum absolute atomic E-state index is 11.7. The molecule has 0 amide bonds. The van der Waals surface area contributed by atoms with Gasteiger partial charge in [-0.3, -0.25) is 10.1 Å². The van der Waals surface area contributed by atoms with Gasteiger partial charge in [-0.15, -0.1) is 0 Å². The molecular weight excluding hydrogens is 254 g/mol. The summed E-state index contributed by atoms with van der Waals surface area (Å²) in [6.07, 6.45) is 0.432. The number of sulfone groups is 1. The number of hydrogen-bond acceptors (Lipinski definition) is 4. The first-order valence-electron chi connectivity index (χ1n) is 4.55. The Labute approximate surface area is 98.1 Å². The van der Waals surface area contributed by atoms with Gasteiger partial charge in [-0.1, -0.05) is 24.6 Å². The minimum atomic E-state index is -3.53. The Kier molecular flexibility index (Phi) is 3.88. The van der Waals surface area contributed by atoms with Crippen molar-refractivity contribution in [3.63, 3.8) is 0 Å². The smallest absolute Gasteiger partial charge is 0.258 e. The third kappa shape index (κ3) is 2.51. The zero-order chi connectivity index (χ0) is 12.3. The van der Waals surface area contributed by atoms with E-state index in [1.807, 2.05) is 0 Å². The summed E-state index contributed by atoms with van der Waals surface area (Å²) in [4.78, 5) is 9.71. The van der Waals surface area contributed by atoms with Crippen molar-refractivity contribution in [2.75, 3.05) is 5.75 Å². The van der Waals surface area contributed by atoms with Gasteiger partial charge in [0.1, 0.15) is 5.02 Å². The second kappa shape index (κ2) is 4.80. The molecule has 1 aromatic rings. The summed E-state index contributed by atoms with van der Waals surface area (Å²) in [6, 6.07) is 3.76. The zero-order valence-electron chi connectivity index (χ0n) is 8.51. The van der Waals surface area contributed by atoms with Gasteiger partial charge in [0, 0.05) is 6.07 Å².